The Hall–Kier alpha value is -1.43. The van der Waals surface area contributed by atoms with Crippen molar-refractivity contribution in [3.63, 3.8) is 0 Å². The van der Waals surface area contributed by atoms with E-state index in [1.807, 2.05) is 0 Å². The van der Waals surface area contributed by atoms with Crippen LogP contribution < -0.4 is 0 Å². The van der Waals surface area contributed by atoms with E-state index in [0.29, 0.717) is 29.7 Å². The van der Waals surface area contributed by atoms with Crippen LogP contribution in [-0.4, -0.2) is 42.8 Å². The Kier molecular flexibility index (Phi) is 4.86. The molecule has 0 saturated carbocycles. The van der Waals surface area contributed by atoms with Gasteiger partial charge in [0.15, 0.2) is 8.32 Å². The molecule has 1 aromatic carbocycles. The molecule has 4 nitrogen and oxygen atoms in total. The minimum Gasteiger partial charge on any atom is -0.416 e. The van der Waals surface area contributed by atoms with Crippen molar-refractivity contribution in [3.05, 3.63) is 35.5 Å². The number of carbonyl (C=O) groups is 1. The van der Waals surface area contributed by atoms with E-state index in [9.17, 15) is 4.79 Å². The molecule has 4 bridgehead atoms. The Morgan fingerprint density at radius 1 is 1.23 bits per heavy atom. The van der Waals surface area contributed by atoms with Gasteiger partial charge in [0.05, 0.1) is 6.04 Å². The number of hydrogen-bond donors (Lipinski definition) is 0. The van der Waals surface area contributed by atoms with E-state index in [0.717, 1.165) is 26.0 Å². The van der Waals surface area contributed by atoms with E-state index in [-0.39, 0.29) is 11.0 Å². The SMILES string of the molecule is CC(=O)C1CN2[C@@H]3C[C@H]1[C@H](CO[Si](C)(C)C(C)(C)C)[C@H]2Cc1c3n(C)c2ccccc12. The van der Waals surface area contributed by atoms with Crippen molar-refractivity contribution in [2.75, 3.05) is 13.2 Å². The highest BCUT2D eigenvalue weighted by Gasteiger charge is 2.56. The smallest absolute Gasteiger partial charge is 0.191 e. The Morgan fingerprint density at radius 3 is 2.61 bits per heavy atom. The highest BCUT2D eigenvalue weighted by Crippen LogP contribution is 2.55. The monoisotopic (exact) mass is 438 g/mol. The van der Waals surface area contributed by atoms with E-state index in [2.05, 4.69) is 74.6 Å². The Balaban J connectivity index is 1.53. The maximum atomic E-state index is 12.6. The van der Waals surface area contributed by atoms with Crippen molar-refractivity contribution in [2.45, 2.75) is 70.8 Å². The third-order valence-corrected chi connectivity index (χ3v) is 13.7. The molecule has 3 saturated heterocycles. The zero-order chi connectivity index (χ0) is 22.3. The predicted octanol–water partition coefficient (Wildman–Crippen LogP) is 5.32. The minimum atomic E-state index is -1.83. The van der Waals surface area contributed by atoms with E-state index < -0.39 is 8.32 Å². The summed E-state index contributed by atoms with van der Waals surface area (Å²) in [6, 6.07) is 9.79. The molecule has 168 valence electrons. The first-order valence-corrected chi connectivity index (χ1v) is 14.9. The van der Waals surface area contributed by atoms with Crippen LogP contribution in [0.4, 0.5) is 0 Å². The van der Waals surface area contributed by atoms with Gasteiger partial charge in [0.2, 0.25) is 0 Å². The topological polar surface area (TPSA) is 34.5 Å². The van der Waals surface area contributed by atoms with Gasteiger partial charge in [0, 0.05) is 54.7 Å². The number of nitrogens with zero attached hydrogens (tertiary/aromatic N) is 2. The standard InChI is InChI=1S/C26H38N2O2Si/c1-16(29)20-14-28-23-13-19-17-10-8-9-11-22(17)27(5)25(19)24(28)12-18(20)21(23)15-30-31(6,7)26(2,3)4/h8-11,18,20-21,23-24H,12-15H2,1-7H3/t18-,20?,21+,23-,24-/m1/s1. The van der Waals surface area contributed by atoms with Crippen LogP contribution in [0.1, 0.15) is 51.4 Å². The summed E-state index contributed by atoms with van der Waals surface area (Å²) in [7, 11) is 0.402. The molecule has 0 aliphatic carbocycles. The molecular formula is C26H38N2O2Si. The van der Waals surface area contributed by atoms with Crippen LogP contribution in [0.3, 0.4) is 0 Å². The molecule has 6 rings (SSSR count). The van der Waals surface area contributed by atoms with Gasteiger partial charge in [0.25, 0.3) is 0 Å². The van der Waals surface area contributed by atoms with E-state index in [1.165, 1.54) is 16.6 Å². The highest BCUT2D eigenvalue weighted by atomic mass is 28.4. The summed E-state index contributed by atoms with van der Waals surface area (Å²) in [5, 5.41) is 1.62. The van der Waals surface area contributed by atoms with E-state index in [4.69, 9.17) is 4.43 Å². The van der Waals surface area contributed by atoms with Crippen molar-refractivity contribution < 1.29 is 9.22 Å². The third-order valence-electron chi connectivity index (χ3n) is 9.25. The quantitative estimate of drug-likeness (QED) is 0.606. The van der Waals surface area contributed by atoms with Crippen LogP contribution >= 0.6 is 0 Å². The summed E-state index contributed by atoms with van der Waals surface area (Å²) in [5.41, 5.74) is 4.38. The summed E-state index contributed by atoms with van der Waals surface area (Å²) in [6.45, 7) is 15.2. The number of benzene rings is 1. The summed E-state index contributed by atoms with van der Waals surface area (Å²) in [4.78, 5) is 15.3. The number of piperidine rings is 3. The number of Topliss-reactive ketones (excluding diaryl/α,β-unsaturated/α-hetero) is 1. The van der Waals surface area contributed by atoms with Crippen LogP contribution in [0.15, 0.2) is 24.3 Å². The van der Waals surface area contributed by atoms with Crippen LogP contribution in [0.5, 0.6) is 0 Å². The second-order valence-corrected chi connectivity index (χ2v) is 16.6. The number of carbonyl (C=O) groups excluding carboxylic acids is 1. The van der Waals surface area contributed by atoms with Gasteiger partial charge in [-0.2, -0.15) is 0 Å². The van der Waals surface area contributed by atoms with Gasteiger partial charge >= 0.3 is 0 Å². The van der Waals surface area contributed by atoms with Crippen LogP contribution in [0.25, 0.3) is 10.9 Å². The highest BCUT2D eigenvalue weighted by molar-refractivity contribution is 6.74. The molecule has 0 N–H and O–H groups in total. The Morgan fingerprint density at radius 2 is 1.94 bits per heavy atom. The molecule has 4 aliphatic rings. The molecule has 2 aromatic rings. The number of aromatic nitrogens is 1. The van der Waals surface area contributed by atoms with Gasteiger partial charge in [-0.05, 0) is 55.4 Å². The second-order valence-electron chi connectivity index (χ2n) is 11.8. The summed E-state index contributed by atoms with van der Waals surface area (Å²) < 4.78 is 9.21. The molecule has 3 fully saturated rings. The van der Waals surface area contributed by atoms with Crippen molar-refractivity contribution in [3.8, 4) is 0 Å². The van der Waals surface area contributed by atoms with Crippen molar-refractivity contribution in [1.82, 2.24) is 9.47 Å². The first kappa shape index (κ1) is 21.4. The lowest BCUT2D eigenvalue weighted by atomic mass is 9.61. The molecule has 1 aromatic heterocycles. The third kappa shape index (κ3) is 3.11. The van der Waals surface area contributed by atoms with Gasteiger partial charge in [0.1, 0.15) is 5.78 Å². The zero-order valence-electron chi connectivity index (χ0n) is 20.2. The van der Waals surface area contributed by atoms with Gasteiger partial charge in [-0.15, -0.1) is 0 Å². The van der Waals surface area contributed by atoms with E-state index in [1.54, 1.807) is 12.5 Å². The average molecular weight is 439 g/mol. The fourth-order valence-corrected chi connectivity index (χ4v) is 7.52. The van der Waals surface area contributed by atoms with Gasteiger partial charge in [-0.25, -0.2) is 0 Å². The fourth-order valence-electron chi connectivity index (χ4n) is 6.48. The van der Waals surface area contributed by atoms with Crippen LogP contribution in [-0.2, 0) is 22.7 Å². The number of rotatable bonds is 4. The molecule has 6 atom stereocenters. The maximum Gasteiger partial charge on any atom is 0.191 e. The lowest BCUT2D eigenvalue weighted by molar-refractivity contribution is -0.144. The first-order chi connectivity index (χ1) is 14.5. The number of ketones is 1. The lowest BCUT2D eigenvalue weighted by Crippen LogP contribution is -2.65. The second kappa shape index (κ2) is 7.03. The first-order valence-electron chi connectivity index (χ1n) is 12.0. The summed E-state index contributed by atoms with van der Waals surface area (Å²) in [5.74, 6) is 1.41. The number of para-hydroxylation sites is 1. The largest absolute Gasteiger partial charge is 0.416 e. The Labute approximate surface area is 188 Å². The number of aryl methyl sites for hydroxylation is 1. The zero-order valence-corrected chi connectivity index (χ0v) is 21.2. The minimum absolute atomic E-state index is 0.164. The normalized spacial score (nSPS) is 32.4. The molecule has 5 heteroatoms. The average Bonchev–Trinajstić information content (AvgIpc) is 2.98. The van der Waals surface area contributed by atoms with E-state index >= 15 is 0 Å². The molecule has 2 unspecified atom stereocenters. The van der Waals surface area contributed by atoms with Crippen molar-refractivity contribution >= 4 is 25.0 Å². The van der Waals surface area contributed by atoms with Gasteiger partial charge in [-0.1, -0.05) is 39.0 Å². The van der Waals surface area contributed by atoms with Crippen LogP contribution in [0.2, 0.25) is 18.1 Å². The van der Waals surface area contributed by atoms with Crippen molar-refractivity contribution in [2.24, 2.45) is 24.8 Å². The van der Waals surface area contributed by atoms with Crippen LogP contribution in [0, 0.1) is 17.8 Å². The molecule has 31 heavy (non-hydrogen) atoms. The Bertz CT molecular complexity index is 1030. The molecular weight excluding hydrogens is 400 g/mol. The summed E-state index contributed by atoms with van der Waals surface area (Å²) >= 11 is 0. The molecule has 0 amide bonds. The molecule has 0 radical (unpaired) electrons. The molecule has 0 spiro atoms. The summed E-state index contributed by atoms with van der Waals surface area (Å²) in [6.07, 6.45) is 2.17. The maximum absolute atomic E-state index is 12.6. The number of hydrogen-bond acceptors (Lipinski definition) is 3. The fraction of sp³-hybridized carbons (Fsp3) is 0.654. The molecule has 5 heterocycles. The predicted molar refractivity (Wildman–Crippen MR) is 129 cm³/mol. The van der Waals surface area contributed by atoms with Gasteiger partial charge in [-0.3, -0.25) is 9.69 Å². The molecule has 4 aliphatic heterocycles. The van der Waals surface area contributed by atoms with Crippen molar-refractivity contribution in [1.29, 1.82) is 0 Å². The number of fused-ring (bicyclic) bond motifs is 4. The lowest BCUT2D eigenvalue weighted by Gasteiger charge is -2.60. The van der Waals surface area contributed by atoms with Gasteiger partial charge < -0.3 is 8.99 Å².